The maximum Gasteiger partial charge on any atom is 0.307 e. The van der Waals surface area contributed by atoms with Gasteiger partial charge in [0, 0.05) is 32.2 Å². The summed E-state index contributed by atoms with van der Waals surface area (Å²) in [7, 11) is 4.14. The molecule has 0 aromatic heterocycles. The summed E-state index contributed by atoms with van der Waals surface area (Å²) in [6.45, 7) is 3.52. The Morgan fingerprint density at radius 2 is 1.86 bits per heavy atom. The van der Waals surface area contributed by atoms with Gasteiger partial charge >= 0.3 is 5.97 Å². The smallest absolute Gasteiger partial charge is 0.307 e. The summed E-state index contributed by atoms with van der Waals surface area (Å²) in [5, 5.41) is 12.2. The van der Waals surface area contributed by atoms with Crippen molar-refractivity contribution in [2.24, 2.45) is 11.8 Å². The quantitative estimate of drug-likeness (QED) is 0.715. The lowest BCUT2D eigenvalue weighted by atomic mass is 9.82. The van der Waals surface area contributed by atoms with Crippen LogP contribution in [-0.4, -0.2) is 73.1 Å². The summed E-state index contributed by atoms with van der Waals surface area (Å²) in [5.74, 6) is -2.05. The van der Waals surface area contributed by atoms with Crippen molar-refractivity contribution in [3.63, 3.8) is 0 Å². The highest BCUT2D eigenvalue weighted by molar-refractivity contribution is 5.85. The van der Waals surface area contributed by atoms with E-state index in [2.05, 4.69) is 29.2 Å². The molecule has 118 valence electrons. The average molecular weight is 295 g/mol. The van der Waals surface area contributed by atoms with Gasteiger partial charge in [0.15, 0.2) is 0 Å². The molecule has 0 bridgehead atoms. The molecular weight excluding hydrogens is 270 g/mol. The highest BCUT2D eigenvalue weighted by atomic mass is 16.4. The largest absolute Gasteiger partial charge is 0.481 e. The minimum absolute atomic E-state index is 0.131. The second-order valence-corrected chi connectivity index (χ2v) is 6.14. The minimum atomic E-state index is -0.881. The van der Waals surface area contributed by atoms with Crippen LogP contribution in [0.2, 0.25) is 0 Å². The Morgan fingerprint density at radius 1 is 1.19 bits per heavy atom. The van der Waals surface area contributed by atoms with Gasteiger partial charge in [0.05, 0.1) is 11.8 Å². The number of aliphatic carboxylic acids is 1. The zero-order chi connectivity index (χ0) is 15.4. The molecule has 0 radical (unpaired) electrons. The number of carbonyl (C=O) groups excluding carboxylic acids is 1. The number of hydrogen-bond donors (Lipinski definition) is 2. The number of amides is 1. The van der Waals surface area contributed by atoms with Crippen LogP contribution in [0.3, 0.4) is 0 Å². The van der Waals surface area contributed by atoms with Gasteiger partial charge in [0.1, 0.15) is 0 Å². The van der Waals surface area contributed by atoms with Crippen molar-refractivity contribution in [2.45, 2.75) is 18.9 Å². The van der Waals surface area contributed by atoms with Gasteiger partial charge in [0.2, 0.25) is 5.91 Å². The lowest BCUT2D eigenvalue weighted by Crippen LogP contribution is -2.55. The molecule has 6 heteroatoms. The van der Waals surface area contributed by atoms with Crippen LogP contribution in [0.15, 0.2) is 12.2 Å². The first kappa shape index (κ1) is 16.0. The average Bonchev–Trinajstić information content (AvgIpc) is 2.47. The first-order valence-corrected chi connectivity index (χ1v) is 7.53. The van der Waals surface area contributed by atoms with Crippen LogP contribution in [0.25, 0.3) is 0 Å². The third-order valence-electron chi connectivity index (χ3n) is 4.58. The Balaban J connectivity index is 1.88. The van der Waals surface area contributed by atoms with Crippen LogP contribution in [0.4, 0.5) is 0 Å². The summed E-state index contributed by atoms with van der Waals surface area (Å²) in [6, 6.07) is 0.287. The Bertz CT molecular complexity index is 424. The number of allylic oxidation sites excluding steroid dienone is 2. The number of nitrogens with zero attached hydrogens (tertiary/aromatic N) is 2. The summed E-state index contributed by atoms with van der Waals surface area (Å²) in [4.78, 5) is 28.0. The van der Waals surface area contributed by atoms with E-state index in [-0.39, 0.29) is 11.9 Å². The summed E-state index contributed by atoms with van der Waals surface area (Å²) in [5.41, 5.74) is 0. The number of carboxylic acid groups (broad SMARTS) is 1. The molecule has 0 aromatic carbocycles. The molecule has 1 aliphatic heterocycles. The number of hydrogen-bond acceptors (Lipinski definition) is 4. The molecule has 0 aromatic rings. The molecule has 2 N–H and O–H groups in total. The Labute approximate surface area is 125 Å². The van der Waals surface area contributed by atoms with E-state index in [1.165, 1.54) is 0 Å². The van der Waals surface area contributed by atoms with Gasteiger partial charge in [-0.15, -0.1) is 0 Å². The number of carboxylic acids is 1. The molecule has 0 spiro atoms. The maximum absolute atomic E-state index is 12.3. The normalized spacial score (nSPS) is 31.0. The molecule has 21 heavy (non-hydrogen) atoms. The topological polar surface area (TPSA) is 72.9 Å². The summed E-state index contributed by atoms with van der Waals surface area (Å²) in [6.07, 6.45) is 4.72. The number of carbonyl (C=O) groups is 2. The predicted octanol–water partition coefficient (Wildman–Crippen LogP) is 0.0154. The Morgan fingerprint density at radius 3 is 2.52 bits per heavy atom. The van der Waals surface area contributed by atoms with Crippen molar-refractivity contribution in [3.8, 4) is 0 Å². The molecule has 6 nitrogen and oxygen atoms in total. The van der Waals surface area contributed by atoms with Gasteiger partial charge in [-0.05, 0) is 26.9 Å². The molecule has 2 aliphatic rings. The molecule has 1 aliphatic carbocycles. The van der Waals surface area contributed by atoms with Gasteiger partial charge in [-0.3, -0.25) is 14.5 Å². The fraction of sp³-hybridized carbons (Fsp3) is 0.733. The maximum atomic E-state index is 12.3. The minimum Gasteiger partial charge on any atom is -0.481 e. The van der Waals surface area contributed by atoms with Crippen molar-refractivity contribution in [3.05, 3.63) is 12.2 Å². The summed E-state index contributed by atoms with van der Waals surface area (Å²) < 4.78 is 0. The first-order valence-electron chi connectivity index (χ1n) is 7.53. The van der Waals surface area contributed by atoms with Gasteiger partial charge in [0.25, 0.3) is 0 Å². The molecule has 3 atom stereocenters. The number of rotatable bonds is 4. The number of piperazine rings is 1. The zero-order valence-corrected chi connectivity index (χ0v) is 12.8. The second kappa shape index (κ2) is 7.04. The molecule has 0 saturated carbocycles. The fourth-order valence-electron chi connectivity index (χ4n) is 3.05. The van der Waals surface area contributed by atoms with Crippen LogP contribution in [0, 0.1) is 11.8 Å². The third kappa shape index (κ3) is 4.04. The molecule has 1 amide bonds. The third-order valence-corrected chi connectivity index (χ3v) is 4.58. The van der Waals surface area contributed by atoms with Crippen molar-refractivity contribution < 1.29 is 14.7 Å². The monoisotopic (exact) mass is 295 g/mol. The number of likely N-dealkylation sites (N-methyl/N-ethyl adjacent to an activating group) is 2. The van der Waals surface area contributed by atoms with E-state index in [0.29, 0.717) is 19.4 Å². The van der Waals surface area contributed by atoms with Crippen molar-refractivity contribution in [1.82, 2.24) is 15.1 Å². The van der Waals surface area contributed by atoms with E-state index in [4.69, 9.17) is 0 Å². The van der Waals surface area contributed by atoms with Crippen molar-refractivity contribution >= 4 is 11.9 Å². The van der Waals surface area contributed by atoms with Crippen LogP contribution in [0.5, 0.6) is 0 Å². The van der Waals surface area contributed by atoms with Crippen LogP contribution in [0.1, 0.15) is 12.8 Å². The molecule has 1 heterocycles. The van der Waals surface area contributed by atoms with E-state index < -0.39 is 17.8 Å². The highest BCUT2D eigenvalue weighted by Gasteiger charge is 2.34. The van der Waals surface area contributed by atoms with Gasteiger partial charge in [-0.25, -0.2) is 0 Å². The van der Waals surface area contributed by atoms with Gasteiger partial charge < -0.3 is 15.3 Å². The van der Waals surface area contributed by atoms with E-state index in [0.717, 1.165) is 19.6 Å². The van der Waals surface area contributed by atoms with E-state index in [1.54, 1.807) is 0 Å². The Hall–Kier alpha value is -1.40. The SMILES string of the molecule is CN1CCN(C)C(CNC(=O)C2CC=CCC2C(=O)O)C1. The van der Waals surface area contributed by atoms with Crippen molar-refractivity contribution in [2.75, 3.05) is 40.3 Å². The molecule has 2 rings (SSSR count). The molecule has 1 fully saturated rings. The lowest BCUT2D eigenvalue weighted by Gasteiger charge is -2.38. The molecular formula is C15H25N3O3. The lowest BCUT2D eigenvalue weighted by molar-refractivity contribution is -0.147. The highest BCUT2D eigenvalue weighted by Crippen LogP contribution is 2.26. The van der Waals surface area contributed by atoms with Crippen LogP contribution >= 0.6 is 0 Å². The predicted molar refractivity (Wildman–Crippen MR) is 79.9 cm³/mol. The Kier molecular flexibility index (Phi) is 5.36. The second-order valence-electron chi connectivity index (χ2n) is 6.14. The molecule has 1 saturated heterocycles. The van der Waals surface area contributed by atoms with Gasteiger partial charge in [-0.2, -0.15) is 0 Å². The fourth-order valence-corrected chi connectivity index (χ4v) is 3.05. The van der Waals surface area contributed by atoms with Gasteiger partial charge in [-0.1, -0.05) is 12.2 Å². The van der Waals surface area contributed by atoms with E-state index in [9.17, 15) is 14.7 Å². The standard InChI is InChI=1S/C15H25N3O3/c1-17-7-8-18(2)11(10-17)9-16-14(19)12-5-3-4-6-13(12)15(20)21/h3-4,11-13H,5-10H2,1-2H3,(H,16,19)(H,20,21). The van der Waals surface area contributed by atoms with E-state index >= 15 is 0 Å². The molecule has 3 unspecified atom stereocenters. The zero-order valence-electron chi connectivity index (χ0n) is 12.8. The summed E-state index contributed by atoms with van der Waals surface area (Å²) >= 11 is 0. The first-order chi connectivity index (χ1) is 9.99. The van der Waals surface area contributed by atoms with E-state index in [1.807, 2.05) is 12.2 Å². The van der Waals surface area contributed by atoms with Crippen molar-refractivity contribution in [1.29, 1.82) is 0 Å². The van der Waals surface area contributed by atoms with Crippen LogP contribution < -0.4 is 5.32 Å². The van der Waals surface area contributed by atoms with Crippen LogP contribution in [-0.2, 0) is 9.59 Å². The number of nitrogens with one attached hydrogen (secondary N) is 1.